The van der Waals surface area contributed by atoms with E-state index in [1.807, 2.05) is 54.9 Å². The molecule has 0 radical (unpaired) electrons. The predicted molar refractivity (Wildman–Crippen MR) is 90.6 cm³/mol. The molecular weight excluding hydrogens is 310 g/mol. The molecule has 0 fully saturated rings. The summed E-state index contributed by atoms with van der Waals surface area (Å²) in [5, 5.41) is 12.4. The number of benzene rings is 1. The molecular formula is C17H21N3O2S. The Morgan fingerprint density at radius 2 is 1.96 bits per heavy atom. The molecule has 0 aliphatic rings. The molecule has 1 aromatic heterocycles. The molecule has 2 rings (SSSR count). The van der Waals surface area contributed by atoms with Gasteiger partial charge in [-0.2, -0.15) is 5.26 Å². The van der Waals surface area contributed by atoms with E-state index in [9.17, 15) is 8.42 Å². The largest absolute Gasteiger partial charge is 0.340 e. The van der Waals surface area contributed by atoms with Crippen LogP contribution in [-0.4, -0.2) is 25.0 Å². The predicted octanol–water partition coefficient (Wildman–Crippen LogP) is 2.08. The van der Waals surface area contributed by atoms with Crippen molar-refractivity contribution in [2.45, 2.75) is 19.5 Å². The maximum atomic E-state index is 11.7. The highest BCUT2D eigenvalue weighted by Crippen LogP contribution is 2.18. The smallest absolute Gasteiger partial charge is 0.149 e. The van der Waals surface area contributed by atoms with E-state index in [0.717, 1.165) is 16.8 Å². The Balaban J connectivity index is 2.21. The highest BCUT2D eigenvalue weighted by Gasteiger charge is 2.18. The second-order valence-corrected chi connectivity index (χ2v) is 7.93. The molecule has 1 heterocycles. The summed E-state index contributed by atoms with van der Waals surface area (Å²) in [6.07, 6.45) is 1.24. The van der Waals surface area contributed by atoms with Gasteiger partial charge in [0.15, 0.2) is 0 Å². The molecule has 5 nitrogen and oxygen atoms in total. The van der Waals surface area contributed by atoms with Gasteiger partial charge in [0.1, 0.15) is 21.6 Å². The van der Waals surface area contributed by atoms with Crippen LogP contribution in [0.1, 0.15) is 28.6 Å². The molecule has 0 aliphatic heterocycles. The number of hydrogen-bond acceptors (Lipinski definition) is 4. The van der Waals surface area contributed by atoms with Crippen LogP contribution in [0.2, 0.25) is 0 Å². The number of hydrogen-bond donors (Lipinski definition) is 1. The summed E-state index contributed by atoms with van der Waals surface area (Å²) in [6, 6.07) is 13.2. The van der Waals surface area contributed by atoms with Gasteiger partial charge in [0.25, 0.3) is 0 Å². The van der Waals surface area contributed by atoms with E-state index < -0.39 is 9.84 Å². The van der Waals surface area contributed by atoms with Crippen LogP contribution in [-0.2, 0) is 23.4 Å². The molecule has 1 aromatic carbocycles. The van der Waals surface area contributed by atoms with E-state index in [1.54, 1.807) is 0 Å². The molecule has 0 bridgehead atoms. The van der Waals surface area contributed by atoms with E-state index in [0.29, 0.717) is 12.2 Å². The van der Waals surface area contributed by atoms with Gasteiger partial charge in [-0.25, -0.2) is 8.42 Å². The van der Waals surface area contributed by atoms with Gasteiger partial charge in [0.05, 0.1) is 5.75 Å². The zero-order valence-corrected chi connectivity index (χ0v) is 14.4. The molecule has 1 unspecified atom stereocenters. The Bertz CT molecular complexity index is 818. The number of nitriles is 1. The molecule has 122 valence electrons. The normalized spacial score (nSPS) is 12.8. The second kappa shape index (κ2) is 6.99. The lowest BCUT2D eigenvalue weighted by Gasteiger charge is -2.18. The Labute approximate surface area is 137 Å². The van der Waals surface area contributed by atoms with Gasteiger partial charge in [-0.3, -0.25) is 0 Å². The third-order valence-electron chi connectivity index (χ3n) is 3.96. The second-order valence-electron chi connectivity index (χ2n) is 5.75. The molecule has 1 N–H and O–H groups in total. The van der Waals surface area contributed by atoms with Crippen molar-refractivity contribution >= 4 is 9.84 Å². The standard InChI is InChI=1S/C17H21N3O2S/c1-13-15(9-16(10-18)20(13)2)11-19-17(12-23(3,21)22)14-7-5-4-6-8-14/h4-9,17,19H,11-12H2,1-3H3. The Hall–Kier alpha value is -2.10. The highest BCUT2D eigenvalue weighted by molar-refractivity contribution is 7.90. The fourth-order valence-electron chi connectivity index (χ4n) is 2.54. The third-order valence-corrected chi connectivity index (χ3v) is 4.90. The first-order chi connectivity index (χ1) is 10.8. The zero-order valence-electron chi connectivity index (χ0n) is 13.6. The molecule has 0 spiro atoms. The Kier molecular flexibility index (Phi) is 5.24. The van der Waals surface area contributed by atoms with Crippen LogP contribution in [0.5, 0.6) is 0 Å². The average Bonchev–Trinajstić information content (AvgIpc) is 2.79. The minimum absolute atomic E-state index is 0.0357. The van der Waals surface area contributed by atoms with Crippen LogP contribution in [0.15, 0.2) is 36.4 Å². The van der Waals surface area contributed by atoms with E-state index >= 15 is 0 Å². The summed E-state index contributed by atoms with van der Waals surface area (Å²) in [6.45, 7) is 2.46. The van der Waals surface area contributed by atoms with Crippen molar-refractivity contribution in [1.82, 2.24) is 9.88 Å². The van der Waals surface area contributed by atoms with Crippen molar-refractivity contribution in [3.8, 4) is 6.07 Å². The fourth-order valence-corrected chi connectivity index (χ4v) is 3.46. The van der Waals surface area contributed by atoms with Crippen molar-refractivity contribution in [3.05, 3.63) is 58.9 Å². The Morgan fingerprint density at radius 3 is 2.48 bits per heavy atom. The summed E-state index contributed by atoms with van der Waals surface area (Å²) in [5.74, 6) is 0.0357. The molecule has 0 aliphatic carbocycles. The molecule has 0 amide bonds. The first-order valence-corrected chi connectivity index (χ1v) is 9.39. The molecule has 1 atom stereocenters. The van der Waals surface area contributed by atoms with E-state index in [-0.39, 0.29) is 11.8 Å². The molecule has 0 saturated carbocycles. The number of rotatable bonds is 6. The highest BCUT2D eigenvalue weighted by atomic mass is 32.2. The summed E-state index contributed by atoms with van der Waals surface area (Å²) < 4.78 is 25.3. The SMILES string of the molecule is Cc1c(CNC(CS(C)(=O)=O)c2ccccc2)cc(C#N)n1C. The van der Waals surface area contributed by atoms with Crippen LogP contribution in [0.4, 0.5) is 0 Å². The minimum Gasteiger partial charge on any atom is -0.340 e. The van der Waals surface area contributed by atoms with Crippen molar-refractivity contribution in [3.63, 3.8) is 0 Å². The first kappa shape index (κ1) is 17.3. The van der Waals surface area contributed by atoms with Crippen LogP contribution < -0.4 is 5.32 Å². The number of nitrogens with one attached hydrogen (secondary N) is 1. The van der Waals surface area contributed by atoms with Crippen LogP contribution in [0, 0.1) is 18.3 Å². The van der Waals surface area contributed by atoms with Crippen LogP contribution >= 0.6 is 0 Å². The average molecular weight is 331 g/mol. The van der Waals surface area contributed by atoms with Gasteiger partial charge < -0.3 is 9.88 Å². The van der Waals surface area contributed by atoms with E-state index in [4.69, 9.17) is 5.26 Å². The first-order valence-electron chi connectivity index (χ1n) is 7.33. The van der Waals surface area contributed by atoms with Gasteiger partial charge in [0, 0.05) is 31.6 Å². The fraction of sp³-hybridized carbons (Fsp3) is 0.353. The van der Waals surface area contributed by atoms with Crippen molar-refractivity contribution in [1.29, 1.82) is 5.26 Å². The van der Waals surface area contributed by atoms with Crippen LogP contribution in [0.3, 0.4) is 0 Å². The van der Waals surface area contributed by atoms with E-state index in [1.165, 1.54) is 6.26 Å². The maximum absolute atomic E-state index is 11.7. The van der Waals surface area contributed by atoms with Gasteiger partial charge in [-0.15, -0.1) is 0 Å². The van der Waals surface area contributed by atoms with Gasteiger partial charge in [-0.05, 0) is 24.1 Å². The lowest BCUT2D eigenvalue weighted by Crippen LogP contribution is -2.27. The molecule has 6 heteroatoms. The van der Waals surface area contributed by atoms with Gasteiger partial charge >= 0.3 is 0 Å². The monoisotopic (exact) mass is 331 g/mol. The molecule has 23 heavy (non-hydrogen) atoms. The van der Waals surface area contributed by atoms with Gasteiger partial charge in [0.2, 0.25) is 0 Å². The zero-order chi connectivity index (χ0) is 17.0. The minimum atomic E-state index is -3.11. The third kappa shape index (κ3) is 4.44. The molecule has 2 aromatic rings. The lowest BCUT2D eigenvalue weighted by molar-refractivity contribution is 0.550. The summed E-state index contributed by atoms with van der Waals surface area (Å²) in [7, 11) is -1.26. The van der Waals surface area contributed by atoms with E-state index in [2.05, 4.69) is 11.4 Å². The summed E-state index contributed by atoms with van der Waals surface area (Å²) >= 11 is 0. The topological polar surface area (TPSA) is 74.9 Å². The maximum Gasteiger partial charge on any atom is 0.149 e. The van der Waals surface area contributed by atoms with Crippen molar-refractivity contribution < 1.29 is 8.42 Å². The van der Waals surface area contributed by atoms with Gasteiger partial charge in [-0.1, -0.05) is 30.3 Å². The number of sulfone groups is 1. The van der Waals surface area contributed by atoms with Crippen molar-refractivity contribution in [2.24, 2.45) is 7.05 Å². The van der Waals surface area contributed by atoms with Crippen molar-refractivity contribution in [2.75, 3.05) is 12.0 Å². The summed E-state index contributed by atoms with van der Waals surface area (Å²) in [5.41, 5.74) is 3.53. The number of nitrogens with zero attached hydrogens (tertiary/aromatic N) is 2. The van der Waals surface area contributed by atoms with Crippen LogP contribution in [0.25, 0.3) is 0 Å². The lowest BCUT2D eigenvalue weighted by atomic mass is 10.1. The quantitative estimate of drug-likeness (QED) is 0.879. The molecule has 0 saturated heterocycles. The number of aromatic nitrogens is 1. The summed E-state index contributed by atoms with van der Waals surface area (Å²) in [4.78, 5) is 0. The Morgan fingerprint density at radius 1 is 1.30 bits per heavy atom.